The molecule has 3 rings (SSSR count). The summed E-state index contributed by atoms with van der Waals surface area (Å²) in [5.74, 6) is 1.44. The Morgan fingerprint density at radius 1 is 1.11 bits per heavy atom. The molecular weight excluding hydrogens is 336 g/mol. The predicted molar refractivity (Wildman–Crippen MR) is 109 cm³/mol. The maximum atomic E-state index is 11.2. The summed E-state index contributed by atoms with van der Waals surface area (Å²) >= 11 is 0. The first-order valence-electron chi connectivity index (χ1n) is 10.4. The molecule has 146 valence electrons. The number of benzene rings is 1. The van der Waals surface area contributed by atoms with E-state index in [4.69, 9.17) is 4.74 Å². The van der Waals surface area contributed by atoms with E-state index in [1.165, 1.54) is 63.2 Å². The average Bonchev–Trinajstić information content (AvgIpc) is 2.74. The molecule has 1 unspecified atom stereocenters. The summed E-state index contributed by atoms with van der Waals surface area (Å²) in [6.07, 6.45) is 15.9. The van der Waals surface area contributed by atoms with Crippen LogP contribution < -0.4 is 4.74 Å². The fourth-order valence-electron chi connectivity index (χ4n) is 4.17. The van der Waals surface area contributed by atoms with Gasteiger partial charge in [-0.05, 0) is 87.0 Å². The van der Waals surface area contributed by atoms with Crippen LogP contribution in [0.15, 0.2) is 47.6 Å². The minimum atomic E-state index is -0.140. The van der Waals surface area contributed by atoms with E-state index in [1.54, 1.807) is 5.57 Å². The van der Waals surface area contributed by atoms with Gasteiger partial charge in [0.1, 0.15) is 12.4 Å². The zero-order valence-corrected chi connectivity index (χ0v) is 16.5. The predicted octanol–water partition coefficient (Wildman–Crippen LogP) is 5.79. The first kappa shape index (κ1) is 19.7. The van der Waals surface area contributed by atoms with Crippen molar-refractivity contribution < 1.29 is 14.3 Å². The fourth-order valence-corrected chi connectivity index (χ4v) is 4.17. The number of ether oxygens (including phenoxy) is 2. The standard InChI is InChI=1S/C24H32O3/c1-26-24(25)13-7-8-19-14-16-22(17-15-19)27-18-21-11-5-6-12-23(21)20-9-3-2-4-10-20/h3,9,14-17,20H,2,4-8,10-13,18H2,1H3. The van der Waals surface area contributed by atoms with Crippen LogP contribution >= 0.6 is 0 Å². The molecule has 0 aromatic heterocycles. The molecule has 2 aliphatic rings. The summed E-state index contributed by atoms with van der Waals surface area (Å²) in [6.45, 7) is 0.724. The van der Waals surface area contributed by atoms with Crippen LogP contribution in [-0.4, -0.2) is 19.7 Å². The third-order valence-corrected chi connectivity index (χ3v) is 5.74. The lowest BCUT2D eigenvalue weighted by atomic mass is 9.80. The van der Waals surface area contributed by atoms with Gasteiger partial charge in [0.2, 0.25) is 0 Å². The topological polar surface area (TPSA) is 35.5 Å². The van der Waals surface area contributed by atoms with Gasteiger partial charge in [-0.15, -0.1) is 0 Å². The zero-order valence-electron chi connectivity index (χ0n) is 16.5. The van der Waals surface area contributed by atoms with Gasteiger partial charge < -0.3 is 9.47 Å². The second kappa shape index (κ2) is 10.3. The highest BCUT2D eigenvalue weighted by molar-refractivity contribution is 5.69. The molecule has 0 heterocycles. The lowest BCUT2D eigenvalue weighted by Gasteiger charge is -2.27. The Labute approximate surface area is 163 Å². The van der Waals surface area contributed by atoms with Crippen molar-refractivity contribution in [2.45, 2.75) is 64.2 Å². The van der Waals surface area contributed by atoms with Gasteiger partial charge >= 0.3 is 5.97 Å². The van der Waals surface area contributed by atoms with E-state index in [-0.39, 0.29) is 5.97 Å². The molecule has 0 bridgehead atoms. The van der Waals surface area contributed by atoms with E-state index in [1.807, 2.05) is 0 Å². The van der Waals surface area contributed by atoms with E-state index < -0.39 is 0 Å². The summed E-state index contributed by atoms with van der Waals surface area (Å²) in [7, 11) is 1.44. The number of esters is 1. The smallest absolute Gasteiger partial charge is 0.305 e. The molecule has 0 amide bonds. The van der Waals surface area contributed by atoms with Crippen molar-refractivity contribution in [2.75, 3.05) is 13.7 Å². The van der Waals surface area contributed by atoms with Crippen molar-refractivity contribution in [3.05, 3.63) is 53.1 Å². The summed E-state index contributed by atoms with van der Waals surface area (Å²) in [4.78, 5) is 11.2. The molecule has 0 spiro atoms. The minimum absolute atomic E-state index is 0.140. The summed E-state index contributed by atoms with van der Waals surface area (Å²) in [6, 6.07) is 8.31. The Morgan fingerprint density at radius 2 is 1.93 bits per heavy atom. The maximum absolute atomic E-state index is 11.2. The molecular formula is C24H32O3. The molecule has 3 heteroatoms. The number of methoxy groups -OCH3 is 1. The van der Waals surface area contributed by atoms with Gasteiger partial charge in [0.15, 0.2) is 0 Å². The fraction of sp³-hybridized carbons (Fsp3) is 0.542. The Bertz CT molecular complexity index is 669. The molecule has 0 radical (unpaired) electrons. The molecule has 0 saturated heterocycles. The SMILES string of the molecule is COC(=O)CCCc1ccc(OCC2=C(C3C=CCCC3)CCCC2)cc1. The molecule has 0 N–H and O–H groups in total. The van der Waals surface area contributed by atoms with Gasteiger partial charge in [-0.1, -0.05) is 29.9 Å². The number of allylic oxidation sites excluding steroid dienone is 3. The van der Waals surface area contributed by atoms with Crippen LogP contribution in [0.3, 0.4) is 0 Å². The Hall–Kier alpha value is -2.03. The second-order valence-electron chi connectivity index (χ2n) is 7.66. The van der Waals surface area contributed by atoms with Crippen LogP contribution in [0.4, 0.5) is 0 Å². The monoisotopic (exact) mass is 368 g/mol. The van der Waals surface area contributed by atoms with Gasteiger partial charge in [-0.25, -0.2) is 0 Å². The molecule has 1 aromatic carbocycles. The highest BCUT2D eigenvalue weighted by Gasteiger charge is 2.20. The highest BCUT2D eigenvalue weighted by Crippen LogP contribution is 2.35. The molecule has 0 aliphatic heterocycles. The van der Waals surface area contributed by atoms with E-state index in [2.05, 4.69) is 41.2 Å². The van der Waals surface area contributed by atoms with Crippen molar-refractivity contribution in [2.24, 2.45) is 5.92 Å². The highest BCUT2D eigenvalue weighted by atomic mass is 16.5. The van der Waals surface area contributed by atoms with Crippen LogP contribution in [-0.2, 0) is 16.0 Å². The molecule has 27 heavy (non-hydrogen) atoms. The Balaban J connectivity index is 1.53. The third kappa shape index (κ3) is 5.98. The normalized spacial score (nSPS) is 19.8. The number of carbonyl (C=O) groups excluding carboxylic acids is 1. The quantitative estimate of drug-likeness (QED) is 0.430. The number of carbonyl (C=O) groups is 1. The Morgan fingerprint density at radius 3 is 2.67 bits per heavy atom. The van der Waals surface area contributed by atoms with Crippen LogP contribution in [0, 0.1) is 5.92 Å². The van der Waals surface area contributed by atoms with Crippen molar-refractivity contribution in [1.29, 1.82) is 0 Å². The van der Waals surface area contributed by atoms with E-state index in [0.29, 0.717) is 12.3 Å². The summed E-state index contributed by atoms with van der Waals surface area (Å²) in [5.41, 5.74) is 4.41. The number of aryl methyl sites for hydroxylation is 1. The molecule has 0 fully saturated rings. The van der Waals surface area contributed by atoms with Crippen LogP contribution in [0.5, 0.6) is 5.75 Å². The molecule has 0 saturated carbocycles. The van der Waals surface area contributed by atoms with Crippen LogP contribution in [0.2, 0.25) is 0 Å². The maximum Gasteiger partial charge on any atom is 0.305 e. The number of hydrogen-bond acceptors (Lipinski definition) is 3. The second-order valence-corrected chi connectivity index (χ2v) is 7.66. The van der Waals surface area contributed by atoms with Crippen LogP contribution in [0.25, 0.3) is 0 Å². The number of rotatable bonds is 8. The van der Waals surface area contributed by atoms with Crippen molar-refractivity contribution in [1.82, 2.24) is 0 Å². The van der Waals surface area contributed by atoms with E-state index >= 15 is 0 Å². The van der Waals surface area contributed by atoms with Crippen LogP contribution in [0.1, 0.15) is 63.4 Å². The van der Waals surface area contributed by atoms with Gasteiger partial charge in [-0.3, -0.25) is 4.79 Å². The largest absolute Gasteiger partial charge is 0.489 e. The lowest BCUT2D eigenvalue weighted by molar-refractivity contribution is -0.140. The molecule has 1 aromatic rings. The summed E-state index contributed by atoms with van der Waals surface area (Å²) in [5, 5.41) is 0. The van der Waals surface area contributed by atoms with E-state index in [9.17, 15) is 4.79 Å². The first-order chi connectivity index (χ1) is 13.3. The first-order valence-corrected chi connectivity index (χ1v) is 10.4. The molecule has 3 nitrogen and oxygen atoms in total. The zero-order chi connectivity index (χ0) is 18.9. The average molecular weight is 369 g/mol. The summed E-state index contributed by atoms with van der Waals surface area (Å²) < 4.78 is 10.8. The van der Waals surface area contributed by atoms with Crippen molar-refractivity contribution in [3.63, 3.8) is 0 Å². The lowest BCUT2D eigenvalue weighted by Crippen LogP contribution is -2.15. The molecule has 1 atom stereocenters. The van der Waals surface area contributed by atoms with Gasteiger partial charge in [0, 0.05) is 6.42 Å². The minimum Gasteiger partial charge on any atom is -0.489 e. The van der Waals surface area contributed by atoms with Gasteiger partial charge in [-0.2, -0.15) is 0 Å². The number of hydrogen-bond donors (Lipinski definition) is 0. The van der Waals surface area contributed by atoms with Crippen molar-refractivity contribution in [3.8, 4) is 5.75 Å². The van der Waals surface area contributed by atoms with Gasteiger partial charge in [0.05, 0.1) is 7.11 Å². The van der Waals surface area contributed by atoms with Gasteiger partial charge in [0.25, 0.3) is 0 Å². The van der Waals surface area contributed by atoms with E-state index in [0.717, 1.165) is 25.2 Å². The third-order valence-electron chi connectivity index (χ3n) is 5.74. The molecule has 2 aliphatic carbocycles. The van der Waals surface area contributed by atoms with Crippen molar-refractivity contribution >= 4 is 5.97 Å². The Kier molecular flexibility index (Phi) is 7.55.